The van der Waals surface area contributed by atoms with Crippen molar-refractivity contribution in [3.05, 3.63) is 0 Å². The second-order valence-corrected chi connectivity index (χ2v) is 5.62. The number of hydrogen-bond acceptors (Lipinski definition) is 5. The van der Waals surface area contributed by atoms with Crippen LogP contribution in [-0.4, -0.2) is 49.6 Å². The molecule has 1 N–H and O–H groups in total. The van der Waals surface area contributed by atoms with Crippen molar-refractivity contribution in [2.45, 2.75) is 51.1 Å². The number of esters is 1. The van der Waals surface area contributed by atoms with Crippen LogP contribution in [0.3, 0.4) is 0 Å². The van der Waals surface area contributed by atoms with Gasteiger partial charge in [0.1, 0.15) is 5.60 Å². The van der Waals surface area contributed by atoms with Gasteiger partial charge in [0.15, 0.2) is 0 Å². The summed E-state index contributed by atoms with van der Waals surface area (Å²) in [6.45, 7) is 7.70. The summed E-state index contributed by atoms with van der Waals surface area (Å²) in [5.41, 5.74) is -0.440. The van der Waals surface area contributed by atoms with Gasteiger partial charge in [-0.25, -0.2) is 0 Å². The summed E-state index contributed by atoms with van der Waals surface area (Å²) in [4.78, 5) is 11.6. The fourth-order valence-electron chi connectivity index (χ4n) is 2.13. The van der Waals surface area contributed by atoms with E-state index in [4.69, 9.17) is 14.2 Å². The number of carbonyl (C=O) groups is 1. The monoisotopic (exact) mass is 243 g/mol. The fourth-order valence-corrected chi connectivity index (χ4v) is 2.13. The Bertz CT molecular complexity index is 287. The highest BCUT2D eigenvalue weighted by molar-refractivity contribution is 5.70. The van der Waals surface area contributed by atoms with Crippen LogP contribution >= 0.6 is 0 Å². The number of carbonyl (C=O) groups excluding carboxylic acids is 1. The Morgan fingerprint density at radius 3 is 2.76 bits per heavy atom. The lowest BCUT2D eigenvalue weighted by Gasteiger charge is -2.32. The van der Waals surface area contributed by atoms with E-state index in [1.807, 2.05) is 20.8 Å². The molecule has 0 amide bonds. The predicted molar refractivity (Wildman–Crippen MR) is 61.7 cm³/mol. The Kier molecular flexibility index (Phi) is 3.70. The van der Waals surface area contributed by atoms with E-state index in [1.54, 1.807) is 0 Å². The molecule has 3 atom stereocenters. The quantitative estimate of drug-likeness (QED) is 0.715. The summed E-state index contributed by atoms with van der Waals surface area (Å²) in [5, 5.41) is 3.21. The van der Waals surface area contributed by atoms with Crippen molar-refractivity contribution in [1.82, 2.24) is 5.32 Å². The minimum Gasteiger partial charge on any atom is -0.460 e. The zero-order valence-corrected chi connectivity index (χ0v) is 10.7. The summed E-state index contributed by atoms with van der Waals surface area (Å²) in [6.07, 6.45) is 0.313. The predicted octanol–water partition coefficient (Wildman–Crippen LogP) is 0.474. The first-order valence-electron chi connectivity index (χ1n) is 6.14. The molecule has 2 aliphatic heterocycles. The van der Waals surface area contributed by atoms with Crippen molar-refractivity contribution in [3.8, 4) is 0 Å². The largest absolute Gasteiger partial charge is 0.460 e. The van der Waals surface area contributed by atoms with Gasteiger partial charge in [-0.05, 0) is 20.8 Å². The second kappa shape index (κ2) is 4.92. The Balaban J connectivity index is 1.78. The molecule has 5 nitrogen and oxygen atoms in total. The standard InChI is InChI=1S/C12H21NO4/c1-12(2,3)17-11(14)4-8-7-15-9-5-13-6-10(9)16-8/h8-10,13H,4-7H2,1-3H3. The molecular formula is C12H21NO4. The van der Waals surface area contributed by atoms with Crippen LogP contribution in [0.4, 0.5) is 0 Å². The van der Waals surface area contributed by atoms with Crippen molar-refractivity contribution in [2.24, 2.45) is 0 Å². The van der Waals surface area contributed by atoms with Gasteiger partial charge in [0.05, 0.1) is 31.3 Å². The summed E-state index contributed by atoms with van der Waals surface area (Å²) in [7, 11) is 0. The molecule has 0 spiro atoms. The molecule has 2 aliphatic rings. The molecule has 98 valence electrons. The van der Waals surface area contributed by atoms with Crippen molar-refractivity contribution < 1.29 is 19.0 Å². The molecule has 0 aromatic rings. The molecule has 0 radical (unpaired) electrons. The Hall–Kier alpha value is -0.650. The molecule has 0 aromatic heterocycles. The molecule has 0 saturated carbocycles. The Morgan fingerprint density at radius 1 is 1.35 bits per heavy atom. The molecule has 2 rings (SSSR count). The lowest BCUT2D eigenvalue weighted by atomic mass is 10.1. The SMILES string of the molecule is CC(C)(C)OC(=O)CC1COC2CNCC2O1. The highest BCUT2D eigenvalue weighted by Gasteiger charge is 2.36. The zero-order valence-electron chi connectivity index (χ0n) is 10.7. The zero-order chi connectivity index (χ0) is 12.5. The fraction of sp³-hybridized carbons (Fsp3) is 0.917. The molecule has 0 bridgehead atoms. The lowest BCUT2D eigenvalue weighted by molar-refractivity contribution is -0.179. The Labute approximate surface area is 102 Å². The van der Waals surface area contributed by atoms with Crippen molar-refractivity contribution in [2.75, 3.05) is 19.7 Å². The van der Waals surface area contributed by atoms with Crippen molar-refractivity contribution in [3.63, 3.8) is 0 Å². The molecule has 2 fully saturated rings. The number of nitrogens with one attached hydrogen (secondary N) is 1. The van der Waals surface area contributed by atoms with Gasteiger partial charge in [-0.3, -0.25) is 4.79 Å². The molecule has 5 heteroatoms. The van der Waals surface area contributed by atoms with E-state index in [2.05, 4.69) is 5.32 Å². The lowest BCUT2D eigenvalue weighted by Crippen LogP contribution is -2.43. The van der Waals surface area contributed by atoms with Gasteiger partial charge in [0, 0.05) is 13.1 Å². The summed E-state index contributed by atoms with van der Waals surface area (Å²) in [5.74, 6) is -0.226. The average molecular weight is 243 g/mol. The van der Waals surface area contributed by atoms with Gasteiger partial charge >= 0.3 is 5.97 Å². The van der Waals surface area contributed by atoms with E-state index in [1.165, 1.54) is 0 Å². The van der Waals surface area contributed by atoms with Gasteiger partial charge < -0.3 is 19.5 Å². The van der Waals surface area contributed by atoms with Gasteiger partial charge in [0.2, 0.25) is 0 Å². The summed E-state index contributed by atoms with van der Waals surface area (Å²) in [6, 6.07) is 0. The average Bonchev–Trinajstić information content (AvgIpc) is 2.61. The van der Waals surface area contributed by atoms with Crippen molar-refractivity contribution in [1.29, 1.82) is 0 Å². The number of fused-ring (bicyclic) bond motifs is 1. The minimum absolute atomic E-state index is 0.0798. The third-order valence-electron chi connectivity index (χ3n) is 2.78. The highest BCUT2D eigenvalue weighted by Crippen LogP contribution is 2.20. The van der Waals surface area contributed by atoms with Crippen LogP contribution in [0.5, 0.6) is 0 Å². The van der Waals surface area contributed by atoms with E-state index in [9.17, 15) is 4.79 Å². The first-order chi connectivity index (χ1) is 7.94. The smallest absolute Gasteiger partial charge is 0.309 e. The minimum atomic E-state index is -0.440. The van der Waals surface area contributed by atoms with Crippen LogP contribution in [-0.2, 0) is 19.0 Å². The molecule has 3 unspecified atom stereocenters. The maximum Gasteiger partial charge on any atom is 0.309 e. The van der Waals surface area contributed by atoms with Crippen LogP contribution in [0, 0.1) is 0 Å². The first-order valence-corrected chi connectivity index (χ1v) is 6.14. The van der Waals surface area contributed by atoms with E-state index >= 15 is 0 Å². The van der Waals surface area contributed by atoms with Crippen LogP contribution in [0.15, 0.2) is 0 Å². The molecule has 0 aromatic carbocycles. The van der Waals surface area contributed by atoms with Gasteiger partial charge in [-0.2, -0.15) is 0 Å². The topological polar surface area (TPSA) is 56.8 Å². The van der Waals surface area contributed by atoms with E-state index in [0.29, 0.717) is 6.61 Å². The molecular weight excluding hydrogens is 222 g/mol. The van der Waals surface area contributed by atoms with E-state index in [-0.39, 0.29) is 30.7 Å². The van der Waals surface area contributed by atoms with Crippen molar-refractivity contribution >= 4 is 5.97 Å². The second-order valence-electron chi connectivity index (χ2n) is 5.62. The molecule has 0 aliphatic carbocycles. The first kappa shape index (κ1) is 12.8. The van der Waals surface area contributed by atoms with Gasteiger partial charge in [-0.1, -0.05) is 0 Å². The van der Waals surface area contributed by atoms with Gasteiger partial charge in [-0.15, -0.1) is 0 Å². The third-order valence-corrected chi connectivity index (χ3v) is 2.78. The molecule has 2 saturated heterocycles. The highest BCUT2D eigenvalue weighted by atomic mass is 16.6. The summed E-state index contributed by atoms with van der Waals surface area (Å²) >= 11 is 0. The Morgan fingerprint density at radius 2 is 2.06 bits per heavy atom. The van der Waals surface area contributed by atoms with Crippen LogP contribution < -0.4 is 5.32 Å². The van der Waals surface area contributed by atoms with E-state index < -0.39 is 5.60 Å². The summed E-state index contributed by atoms with van der Waals surface area (Å²) < 4.78 is 16.7. The van der Waals surface area contributed by atoms with Crippen LogP contribution in [0.1, 0.15) is 27.2 Å². The maximum atomic E-state index is 11.6. The number of hydrogen-bond donors (Lipinski definition) is 1. The van der Waals surface area contributed by atoms with Gasteiger partial charge in [0.25, 0.3) is 0 Å². The number of ether oxygens (including phenoxy) is 3. The maximum absolute atomic E-state index is 11.6. The normalized spacial score (nSPS) is 33.2. The number of rotatable bonds is 2. The third kappa shape index (κ3) is 3.66. The van der Waals surface area contributed by atoms with Crippen LogP contribution in [0.2, 0.25) is 0 Å². The molecule has 2 heterocycles. The van der Waals surface area contributed by atoms with Crippen LogP contribution in [0.25, 0.3) is 0 Å². The molecule has 17 heavy (non-hydrogen) atoms. The van der Waals surface area contributed by atoms with E-state index in [0.717, 1.165) is 13.1 Å².